The van der Waals surface area contributed by atoms with Crippen LogP contribution in [0.1, 0.15) is 19.3 Å². The van der Waals surface area contributed by atoms with Crippen LogP contribution in [0.4, 0.5) is 13.2 Å². The molecule has 0 radical (unpaired) electrons. The first-order valence-corrected chi connectivity index (χ1v) is 6.54. The van der Waals surface area contributed by atoms with E-state index in [1.807, 2.05) is 0 Å². The van der Waals surface area contributed by atoms with Crippen molar-refractivity contribution in [2.75, 3.05) is 11.5 Å². The average molecular weight is 245 g/mol. The van der Waals surface area contributed by atoms with Crippen molar-refractivity contribution in [1.29, 1.82) is 0 Å². The van der Waals surface area contributed by atoms with Crippen LogP contribution >= 0.6 is 0 Å². The molecule has 0 spiro atoms. The maximum Gasteiger partial charge on any atom is 0.389 e. The smallest absolute Gasteiger partial charge is 0.327 e. The quantitative estimate of drug-likeness (QED) is 0.809. The molecule has 15 heavy (non-hydrogen) atoms. The Morgan fingerprint density at radius 1 is 1.40 bits per heavy atom. The van der Waals surface area contributed by atoms with Gasteiger partial charge in [0.05, 0.1) is 11.5 Å². The molecule has 1 heterocycles. The first kappa shape index (κ1) is 12.8. The minimum atomic E-state index is -4.21. The lowest BCUT2D eigenvalue weighted by Crippen LogP contribution is -2.32. The Kier molecular flexibility index (Phi) is 3.65. The molecule has 0 aromatic rings. The Labute approximate surface area is 86.7 Å². The van der Waals surface area contributed by atoms with E-state index in [1.54, 1.807) is 0 Å². The molecule has 1 rings (SSSR count). The molecular weight excluding hydrogens is 231 g/mol. The predicted molar refractivity (Wildman–Crippen MR) is 50.0 cm³/mol. The van der Waals surface area contributed by atoms with Crippen molar-refractivity contribution in [1.82, 2.24) is 0 Å². The van der Waals surface area contributed by atoms with E-state index < -0.39 is 28.5 Å². The van der Waals surface area contributed by atoms with Crippen LogP contribution in [0.5, 0.6) is 0 Å². The Balaban J connectivity index is 2.39. The topological polar surface area (TPSA) is 60.2 Å². The highest BCUT2D eigenvalue weighted by Crippen LogP contribution is 2.27. The first-order chi connectivity index (χ1) is 6.70. The third kappa shape index (κ3) is 4.38. The zero-order valence-electron chi connectivity index (χ0n) is 8.13. The summed E-state index contributed by atoms with van der Waals surface area (Å²) in [5.41, 5.74) is 5.54. The van der Waals surface area contributed by atoms with Gasteiger partial charge in [0, 0.05) is 12.5 Å². The lowest BCUT2D eigenvalue weighted by atomic mass is 9.96. The summed E-state index contributed by atoms with van der Waals surface area (Å²) < 4.78 is 57.8. The van der Waals surface area contributed by atoms with Crippen LogP contribution in [0.3, 0.4) is 0 Å². The van der Waals surface area contributed by atoms with E-state index in [9.17, 15) is 21.6 Å². The molecule has 1 aliphatic heterocycles. The van der Waals surface area contributed by atoms with E-state index in [1.165, 1.54) is 0 Å². The predicted octanol–water partition coefficient (Wildman–Crippen LogP) is 1.09. The summed E-state index contributed by atoms with van der Waals surface area (Å²) in [4.78, 5) is 0. The van der Waals surface area contributed by atoms with E-state index in [-0.39, 0.29) is 23.8 Å². The molecule has 1 fully saturated rings. The molecule has 0 aromatic heterocycles. The molecule has 0 saturated carbocycles. The van der Waals surface area contributed by atoms with Crippen molar-refractivity contribution in [2.24, 2.45) is 11.7 Å². The van der Waals surface area contributed by atoms with Gasteiger partial charge in [-0.25, -0.2) is 8.42 Å². The zero-order chi connectivity index (χ0) is 11.7. The summed E-state index contributed by atoms with van der Waals surface area (Å²) in [6.45, 7) is 0. The molecule has 7 heteroatoms. The average Bonchev–Trinajstić information content (AvgIpc) is 2.40. The molecule has 90 valence electrons. The molecule has 1 saturated heterocycles. The van der Waals surface area contributed by atoms with Gasteiger partial charge in [-0.05, 0) is 18.8 Å². The summed E-state index contributed by atoms with van der Waals surface area (Å²) in [6, 6.07) is -0.663. The second-order valence-electron chi connectivity index (χ2n) is 3.98. The second kappa shape index (κ2) is 4.29. The van der Waals surface area contributed by atoms with Crippen LogP contribution in [0.25, 0.3) is 0 Å². The molecule has 0 amide bonds. The van der Waals surface area contributed by atoms with Gasteiger partial charge in [-0.3, -0.25) is 0 Å². The minimum Gasteiger partial charge on any atom is -0.327 e. The molecule has 0 bridgehead atoms. The number of halogens is 3. The van der Waals surface area contributed by atoms with E-state index in [0.717, 1.165) is 0 Å². The fourth-order valence-corrected chi connectivity index (χ4v) is 3.62. The maximum absolute atomic E-state index is 11.9. The third-order valence-corrected chi connectivity index (χ3v) is 4.43. The second-order valence-corrected chi connectivity index (χ2v) is 6.21. The van der Waals surface area contributed by atoms with Crippen LogP contribution in [0, 0.1) is 5.92 Å². The van der Waals surface area contributed by atoms with Gasteiger partial charge >= 0.3 is 6.18 Å². The third-order valence-electron chi connectivity index (χ3n) is 2.63. The summed E-state index contributed by atoms with van der Waals surface area (Å²) in [5.74, 6) is -0.319. The maximum atomic E-state index is 11.9. The molecule has 3 nitrogen and oxygen atoms in total. The monoisotopic (exact) mass is 245 g/mol. The molecule has 2 atom stereocenters. The molecular formula is C8H14F3NO2S. The minimum absolute atomic E-state index is 0.0530. The Morgan fingerprint density at radius 3 is 2.40 bits per heavy atom. The normalized spacial score (nSPS) is 27.9. The summed E-state index contributed by atoms with van der Waals surface area (Å²) >= 11 is 0. The van der Waals surface area contributed by atoms with E-state index in [2.05, 4.69) is 0 Å². The van der Waals surface area contributed by atoms with E-state index >= 15 is 0 Å². The van der Waals surface area contributed by atoms with Gasteiger partial charge in [0.15, 0.2) is 9.84 Å². The van der Waals surface area contributed by atoms with Gasteiger partial charge in [-0.1, -0.05) is 0 Å². The number of sulfone groups is 1. The summed E-state index contributed by atoms with van der Waals surface area (Å²) in [5, 5.41) is 0. The van der Waals surface area contributed by atoms with Crippen molar-refractivity contribution in [3.05, 3.63) is 0 Å². The van der Waals surface area contributed by atoms with E-state index in [4.69, 9.17) is 5.73 Å². The molecule has 0 aliphatic carbocycles. The Hall–Kier alpha value is -0.300. The lowest BCUT2D eigenvalue weighted by Gasteiger charge is -2.18. The van der Waals surface area contributed by atoms with Crippen LogP contribution in [0.15, 0.2) is 0 Å². The number of nitrogens with two attached hydrogens (primary N) is 1. The Morgan fingerprint density at radius 2 is 2.00 bits per heavy atom. The van der Waals surface area contributed by atoms with Crippen molar-refractivity contribution < 1.29 is 21.6 Å². The van der Waals surface area contributed by atoms with Crippen LogP contribution < -0.4 is 5.73 Å². The highest BCUT2D eigenvalue weighted by molar-refractivity contribution is 7.91. The van der Waals surface area contributed by atoms with Crippen LogP contribution in [-0.4, -0.2) is 32.1 Å². The van der Waals surface area contributed by atoms with E-state index in [0.29, 0.717) is 6.42 Å². The van der Waals surface area contributed by atoms with Crippen molar-refractivity contribution in [3.8, 4) is 0 Å². The van der Waals surface area contributed by atoms with Gasteiger partial charge in [0.2, 0.25) is 0 Å². The van der Waals surface area contributed by atoms with Crippen LogP contribution in [0.2, 0.25) is 0 Å². The number of rotatable bonds is 3. The molecule has 2 unspecified atom stereocenters. The SMILES string of the molecule is NC(CCC(F)(F)F)C1CCS(=O)(=O)C1. The van der Waals surface area contributed by atoms with Crippen molar-refractivity contribution in [2.45, 2.75) is 31.5 Å². The van der Waals surface area contributed by atoms with Crippen molar-refractivity contribution in [3.63, 3.8) is 0 Å². The van der Waals surface area contributed by atoms with Gasteiger partial charge in [0.25, 0.3) is 0 Å². The van der Waals surface area contributed by atoms with Gasteiger partial charge in [0.1, 0.15) is 0 Å². The first-order valence-electron chi connectivity index (χ1n) is 4.72. The highest BCUT2D eigenvalue weighted by atomic mass is 32.2. The largest absolute Gasteiger partial charge is 0.389 e. The van der Waals surface area contributed by atoms with Gasteiger partial charge in [-0.15, -0.1) is 0 Å². The number of alkyl halides is 3. The number of hydrogen-bond donors (Lipinski definition) is 1. The van der Waals surface area contributed by atoms with Gasteiger partial charge in [-0.2, -0.15) is 13.2 Å². The summed E-state index contributed by atoms with van der Waals surface area (Å²) in [6.07, 6.45) is -4.95. The fraction of sp³-hybridized carbons (Fsp3) is 1.00. The Bertz CT molecular complexity index is 312. The fourth-order valence-electron chi connectivity index (χ4n) is 1.73. The summed E-state index contributed by atoms with van der Waals surface area (Å²) in [7, 11) is -3.06. The molecule has 1 aliphatic rings. The molecule has 2 N–H and O–H groups in total. The zero-order valence-corrected chi connectivity index (χ0v) is 8.94. The standard InChI is InChI=1S/C8H14F3NO2S/c9-8(10,11)3-1-7(12)6-2-4-15(13,14)5-6/h6-7H,1-5,12H2. The van der Waals surface area contributed by atoms with Crippen LogP contribution in [-0.2, 0) is 9.84 Å². The number of hydrogen-bond acceptors (Lipinski definition) is 3. The highest BCUT2D eigenvalue weighted by Gasteiger charge is 2.34. The van der Waals surface area contributed by atoms with Gasteiger partial charge < -0.3 is 5.73 Å². The van der Waals surface area contributed by atoms with Crippen molar-refractivity contribution >= 4 is 9.84 Å². The molecule has 0 aromatic carbocycles. The lowest BCUT2D eigenvalue weighted by molar-refractivity contribution is -0.136.